The highest BCUT2D eigenvalue weighted by Crippen LogP contribution is 2.34. The summed E-state index contributed by atoms with van der Waals surface area (Å²) in [6.07, 6.45) is 2.99. The van der Waals surface area contributed by atoms with Crippen molar-refractivity contribution in [2.75, 3.05) is 32.8 Å². The van der Waals surface area contributed by atoms with Gasteiger partial charge < -0.3 is 19.3 Å². The predicted molar refractivity (Wildman–Crippen MR) is 145 cm³/mol. The summed E-state index contributed by atoms with van der Waals surface area (Å²) >= 11 is 1.73. The van der Waals surface area contributed by atoms with E-state index < -0.39 is 0 Å². The second-order valence-electron chi connectivity index (χ2n) is 9.85. The van der Waals surface area contributed by atoms with Gasteiger partial charge in [-0.1, -0.05) is 48.0 Å². The maximum Gasteiger partial charge on any atom is 0.242 e. The van der Waals surface area contributed by atoms with E-state index in [1.807, 2.05) is 66.4 Å². The molecule has 37 heavy (non-hydrogen) atoms. The van der Waals surface area contributed by atoms with Gasteiger partial charge in [-0.25, -0.2) is 0 Å². The minimum atomic E-state index is -0.183. The van der Waals surface area contributed by atoms with Crippen LogP contribution in [0.3, 0.4) is 0 Å². The fourth-order valence-corrected chi connectivity index (χ4v) is 6.04. The monoisotopic (exact) mass is 518 g/mol. The summed E-state index contributed by atoms with van der Waals surface area (Å²) in [5.74, 6) is 0.697. The second kappa shape index (κ2) is 11.9. The summed E-state index contributed by atoms with van der Waals surface area (Å²) in [7, 11) is 0. The lowest BCUT2D eigenvalue weighted by atomic mass is 10.00. The van der Waals surface area contributed by atoms with Crippen LogP contribution in [0.1, 0.15) is 40.5 Å². The van der Waals surface area contributed by atoms with E-state index in [2.05, 4.69) is 11.4 Å². The number of carbonyl (C=O) groups is 2. The zero-order chi connectivity index (χ0) is 25.6. The number of ether oxygens (including phenoxy) is 2. The maximum atomic E-state index is 13.8. The Balaban J connectivity index is 1.31. The van der Waals surface area contributed by atoms with Crippen LogP contribution in [0.2, 0.25) is 0 Å². The van der Waals surface area contributed by atoms with Crippen molar-refractivity contribution in [1.82, 2.24) is 9.80 Å². The van der Waals surface area contributed by atoms with E-state index in [4.69, 9.17) is 9.47 Å². The zero-order valence-electron chi connectivity index (χ0n) is 21.3. The molecule has 0 unspecified atom stereocenters. The molecule has 2 aliphatic rings. The molecule has 6 nitrogen and oxygen atoms in total. The van der Waals surface area contributed by atoms with Gasteiger partial charge in [0.25, 0.3) is 0 Å². The normalized spacial score (nSPS) is 18.9. The summed E-state index contributed by atoms with van der Waals surface area (Å²) < 4.78 is 12.0. The van der Waals surface area contributed by atoms with Crippen molar-refractivity contribution in [3.05, 3.63) is 87.6 Å². The molecule has 2 aliphatic heterocycles. The topological polar surface area (TPSA) is 59.1 Å². The first-order valence-electron chi connectivity index (χ1n) is 13.1. The maximum absolute atomic E-state index is 13.8. The minimum Gasteiger partial charge on any atom is -0.491 e. The average Bonchev–Trinajstić information content (AvgIpc) is 3.60. The van der Waals surface area contributed by atoms with Crippen LogP contribution >= 0.6 is 11.3 Å². The molecule has 2 amide bonds. The van der Waals surface area contributed by atoms with Crippen LogP contribution in [0.4, 0.5) is 0 Å². The molecule has 1 saturated heterocycles. The lowest BCUT2D eigenvalue weighted by Crippen LogP contribution is -2.49. The number of carbonyl (C=O) groups excluding carboxylic acids is 2. The van der Waals surface area contributed by atoms with Crippen molar-refractivity contribution >= 4 is 23.2 Å². The summed E-state index contributed by atoms with van der Waals surface area (Å²) in [6, 6.07) is 19.6. The van der Waals surface area contributed by atoms with Gasteiger partial charge >= 0.3 is 0 Å². The summed E-state index contributed by atoms with van der Waals surface area (Å²) in [6.45, 7) is 4.25. The van der Waals surface area contributed by atoms with Crippen LogP contribution in [0.15, 0.2) is 66.0 Å². The van der Waals surface area contributed by atoms with Gasteiger partial charge in [0.05, 0.1) is 25.1 Å². The quantitative estimate of drug-likeness (QED) is 0.408. The van der Waals surface area contributed by atoms with Crippen molar-refractivity contribution in [3.63, 3.8) is 0 Å². The van der Waals surface area contributed by atoms with Crippen LogP contribution in [0, 0.1) is 6.92 Å². The van der Waals surface area contributed by atoms with E-state index in [0.29, 0.717) is 26.3 Å². The molecule has 0 radical (unpaired) electrons. The Morgan fingerprint density at radius 2 is 1.92 bits per heavy atom. The van der Waals surface area contributed by atoms with Gasteiger partial charge in [-0.2, -0.15) is 0 Å². The first-order valence-corrected chi connectivity index (χ1v) is 13.9. The van der Waals surface area contributed by atoms with Gasteiger partial charge in [-0.3, -0.25) is 9.59 Å². The largest absolute Gasteiger partial charge is 0.491 e. The predicted octanol–water partition coefficient (Wildman–Crippen LogP) is 4.81. The van der Waals surface area contributed by atoms with Gasteiger partial charge in [0.15, 0.2) is 0 Å². The van der Waals surface area contributed by atoms with Gasteiger partial charge in [-0.15, -0.1) is 11.3 Å². The summed E-state index contributed by atoms with van der Waals surface area (Å²) in [5, 5.41) is 2.09. The van der Waals surface area contributed by atoms with Crippen LogP contribution in [0.25, 0.3) is 0 Å². The van der Waals surface area contributed by atoms with Crippen molar-refractivity contribution < 1.29 is 19.1 Å². The molecule has 1 aromatic heterocycles. The highest BCUT2D eigenvalue weighted by atomic mass is 32.1. The van der Waals surface area contributed by atoms with E-state index in [9.17, 15) is 9.59 Å². The second-order valence-corrected chi connectivity index (χ2v) is 10.8. The average molecular weight is 519 g/mol. The number of aryl methyl sites for hydroxylation is 1. The molecule has 0 spiro atoms. The molecular formula is C30H34N2O4S. The van der Waals surface area contributed by atoms with Crippen molar-refractivity contribution in [1.29, 1.82) is 0 Å². The third-order valence-corrected chi connectivity index (χ3v) is 8.17. The first kappa shape index (κ1) is 25.5. The van der Waals surface area contributed by atoms with Gasteiger partial charge in [0.2, 0.25) is 11.8 Å². The molecule has 3 aromatic rings. The van der Waals surface area contributed by atoms with E-state index in [-0.39, 0.29) is 36.9 Å². The Labute approximate surface area is 222 Å². The number of benzene rings is 2. The molecular weight excluding hydrogens is 484 g/mol. The molecule has 194 valence electrons. The highest BCUT2D eigenvalue weighted by Gasteiger charge is 2.34. The molecule has 1 fully saturated rings. The standard InChI is InChI=1S/C30H34N2O4S/c1-22-9-11-24(12-10-22)36-21-27-26-14-17-37-28(26)13-15-32(27)30(34)20-31(19-25-8-5-16-35-25)29(33)18-23-6-3-2-4-7-23/h2-4,6-7,9-12,14,17,25,27H,5,8,13,15-16,18-21H2,1H3/t25-,27+/m0/s1. The van der Waals surface area contributed by atoms with Crippen LogP contribution in [-0.2, 0) is 27.2 Å². The Morgan fingerprint density at radius 1 is 1.11 bits per heavy atom. The van der Waals surface area contributed by atoms with Crippen LogP contribution in [0.5, 0.6) is 5.75 Å². The molecule has 0 N–H and O–H groups in total. The van der Waals surface area contributed by atoms with Gasteiger partial charge in [0.1, 0.15) is 12.4 Å². The van der Waals surface area contributed by atoms with E-state index in [0.717, 1.165) is 36.1 Å². The van der Waals surface area contributed by atoms with Crippen molar-refractivity contribution in [2.24, 2.45) is 0 Å². The number of amides is 2. The van der Waals surface area contributed by atoms with E-state index in [1.54, 1.807) is 16.2 Å². The lowest BCUT2D eigenvalue weighted by molar-refractivity contribution is -0.143. The highest BCUT2D eigenvalue weighted by molar-refractivity contribution is 7.10. The first-order chi connectivity index (χ1) is 18.1. The Hall–Kier alpha value is -3.16. The van der Waals surface area contributed by atoms with E-state index >= 15 is 0 Å². The van der Waals surface area contributed by atoms with Crippen molar-refractivity contribution in [2.45, 2.75) is 44.8 Å². The van der Waals surface area contributed by atoms with E-state index in [1.165, 1.54) is 10.4 Å². The number of thiophene rings is 1. The van der Waals surface area contributed by atoms with Crippen LogP contribution in [-0.4, -0.2) is 60.6 Å². The number of fused-ring (bicyclic) bond motifs is 1. The molecule has 0 bridgehead atoms. The molecule has 0 aliphatic carbocycles. The molecule has 2 atom stereocenters. The van der Waals surface area contributed by atoms with Crippen LogP contribution < -0.4 is 4.74 Å². The summed E-state index contributed by atoms with van der Waals surface area (Å²) in [5.41, 5.74) is 3.27. The molecule has 5 rings (SSSR count). The minimum absolute atomic E-state index is 0.0157. The Kier molecular flexibility index (Phi) is 8.21. The third kappa shape index (κ3) is 6.40. The fraction of sp³-hybridized carbons (Fsp3) is 0.400. The number of hydrogen-bond donors (Lipinski definition) is 0. The molecule has 7 heteroatoms. The van der Waals surface area contributed by atoms with Gasteiger partial charge in [0, 0.05) is 24.6 Å². The number of rotatable bonds is 9. The van der Waals surface area contributed by atoms with Crippen molar-refractivity contribution in [3.8, 4) is 5.75 Å². The van der Waals surface area contributed by atoms with Gasteiger partial charge in [-0.05, 0) is 60.9 Å². The molecule has 2 aromatic carbocycles. The lowest BCUT2D eigenvalue weighted by Gasteiger charge is -2.37. The number of hydrogen-bond acceptors (Lipinski definition) is 5. The smallest absolute Gasteiger partial charge is 0.242 e. The zero-order valence-corrected chi connectivity index (χ0v) is 22.1. The third-order valence-electron chi connectivity index (χ3n) is 7.17. The Morgan fingerprint density at radius 3 is 2.68 bits per heavy atom. The molecule has 3 heterocycles. The molecule has 0 saturated carbocycles. The summed E-state index contributed by atoms with van der Waals surface area (Å²) in [4.78, 5) is 32.1. The fourth-order valence-electron chi connectivity index (χ4n) is 5.11. The number of nitrogens with zero attached hydrogens (tertiary/aromatic N) is 2. The SMILES string of the molecule is Cc1ccc(OC[C@@H]2c3ccsc3CCN2C(=O)CN(C[C@@H]2CCCO2)C(=O)Cc2ccccc2)cc1. The Bertz CT molecular complexity index is 1190.